The quantitative estimate of drug-likeness (QED) is 0.660. The molecule has 0 aliphatic carbocycles. The first-order valence-corrected chi connectivity index (χ1v) is 3.17. The minimum Gasteiger partial charge on any atom is -0.356 e. The van der Waals surface area contributed by atoms with Gasteiger partial charge in [-0.3, -0.25) is 0 Å². The molecule has 0 aliphatic rings. The maximum absolute atomic E-state index is 5.30. The summed E-state index contributed by atoms with van der Waals surface area (Å²) < 4.78 is 0. The van der Waals surface area contributed by atoms with Crippen LogP contribution in [-0.2, 0) is 0 Å². The Morgan fingerprint density at radius 1 is 1.30 bits per heavy atom. The Morgan fingerprint density at radius 2 is 1.90 bits per heavy atom. The molecule has 0 atom stereocenters. The predicted octanol–water partition coefficient (Wildman–Crippen LogP) is 1.20. The molecule has 0 saturated carbocycles. The minimum atomic E-state index is 1.10. The van der Waals surface area contributed by atoms with Gasteiger partial charge >= 0.3 is 0 Å². The van der Waals surface area contributed by atoms with Gasteiger partial charge in [0.25, 0.3) is 0 Å². The summed E-state index contributed by atoms with van der Waals surface area (Å²) in [5, 5.41) is 0. The van der Waals surface area contributed by atoms with Crippen LogP contribution >= 0.6 is 0 Å². The molecule has 1 radical (unpaired) electrons. The van der Waals surface area contributed by atoms with Crippen LogP contribution in [0.4, 0.5) is 5.69 Å². The summed E-state index contributed by atoms with van der Waals surface area (Å²) in [4.78, 5) is 1.86. The highest BCUT2D eigenvalue weighted by molar-refractivity contribution is 5.46. The van der Waals surface area contributed by atoms with Crippen molar-refractivity contribution in [1.29, 1.82) is 0 Å². The Kier molecular flexibility index (Phi) is 2.29. The maximum atomic E-state index is 5.30. The van der Waals surface area contributed by atoms with E-state index < -0.39 is 0 Å². The van der Waals surface area contributed by atoms with Crippen molar-refractivity contribution in [3.05, 3.63) is 37.0 Å². The number of nitrogens with two attached hydrogens (primary N) is 1. The lowest BCUT2D eigenvalue weighted by atomic mass is 10.3. The summed E-state index contributed by atoms with van der Waals surface area (Å²) in [5.41, 5.74) is 6.41. The second kappa shape index (κ2) is 3.22. The monoisotopic (exact) mass is 135 g/mol. The highest BCUT2D eigenvalue weighted by atomic mass is 15.1. The summed E-state index contributed by atoms with van der Waals surface area (Å²) in [5.74, 6) is 0. The number of hydrogen-bond acceptors (Lipinski definition) is 2. The molecule has 0 fully saturated rings. The van der Waals surface area contributed by atoms with E-state index in [1.807, 2.05) is 42.3 Å². The molecule has 1 aromatic rings. The fourth-order valence-corrected chi connectivity index (χ4v) is 0.749. The molecule has 2 nitrogen and oxygen atoms in total. The highest BCUT2D eigenvalue weighted by Crippen LogP contribution is 2.09. The number of benzene rings is 1. The first-order valence-electron chi connectivity index (χ1n) is 3.17. The van der Waals surface area contributed by atoms with Crippen molar-refractivity contribution < 1.29 is 0 Å². The molecular weight excluding hydrogens is 124 g/mol. The lowest BCUT2D eigenvalue weighted by Crippen LogP contribution is -2.18. The van der Waals surface area contributed by atoms with Crippen LogP contribution in [0.15, 0.2) is 30.3 Å². The molecule has 0 spiro atoms. The molecule has 10 heavy (non-hydrogen) atoms. The average molecular weight is 135 g/mol. The Morgan fingerprint density at radius 3 is 2.40 bits per heavy atom. The molecule has 2 heteroatoms. The molecule has 1 rings (SSSR count). The first kappa shape index (κ1) is 7.09. The van der Waals surface area contributed by atoms with Crippen LogP contribution in [0.3, 0.4) is 0 Å². The average Bonchev–Trinajstić information content (AvgIpc) is 2.05. The molecule has 1 aromatic carbocycles. The number of hydrogen-bond donors (Lipinski definition) is 1. The second-order valence-corrected chi connectivity index (χ2v) is 2.10. The smallest absolute Gasteiger partial charge is 0.111 e. The van der Waals surface area contributed by atoms with E-state index in [4.69, 9.17) is 5.73 Å². The predicted molar refractivity (Wildman–Crippen MR) is 43.3 cm³/mol. The van der Waals surface area contributed by atoms with Crippen LogP contribution in [0.1, 0.15) is 0 Å². The van der Waals surface area contributed by atoms with E-state index in [0.717, 1.165) is 5.69 Å². The number of para-hydroxylation sites is 1. The molecular formula is C8H11N2. The third kappa shape index (κ3) is 1.48. The first-order chi connectivity index (χ1) is 4.84. The fraction of sp³-hybridized carbons (Fsp3) is 0.125. The second-order valence-electron chi connectivity index (χ2n) is 2.10. The topological polar surface area (TPSA) is 29.3 Å². The summed E-state index contributed by atoms with van der Waals surface area (Å²) in [7, 11) is 1.91. The van der Waals surface area contributed by atoms with Crippen molar-refractivity contribution >= 4 is 5.69 Å². The normalized spacial score (nSPS) is 9.40. The van der Waals surface area contributed by atoms with Gasteiger partial charge in [-0.05, 0) is 12.1 Å². The number of anilines is 1. The Labute approximate surface area is 61.3 Å². The van der Waals surface area contributed by atoms with E-state index in [-0.39, 0.29) is 0 Å². The largest absolute Gasteiger partial charge is 0.356 e. The Bertz CT molecular complexity index is 184. The van der Waals surface area contributed by atoms with E-state index >= 15 is 0 Å². The molecule has 0 unspecified atom stereocenters. The van der Waals surface area contributed by atoms with Gasteiger partial charge in [0, 0.05) is 12.7 Å². The number of rotatable bonds is 2. The van der Waals surface area contributed by atoms with Gasteiger partial charge in [0.1, 0.15) is 6.67 Å². The van der Waals surface area contributed by atoms with Gasteiger partial charge in [-0.1, -0.05) is 18.2 Å². The van der Waals surface area contributed by atoms with Crippen LogP contribution in [0.2, 0.25) is 0 Å². The zero-order valence-corrected chi connectivity index (χ0v) is 5.99. The van der Waals surface area contributed by atoms with Crippen molar-refractivity contribution in [2.45, 2.75) is 0 Å². The van der Waals surface area contributed by atoms with E-state index in [1.165, 1.54) is 6.67 Å². The van der Waals surface area contributed by atoms with Crippen molar-refractivity contribution in [2.24, 2.45) is 5.73 Å². The van der Waals surface area contributed by atoms with Gasteiger partial charge in [-0.15, -0.1) is 0 Å². The van der Waals surface area contributed by atoms with Crippen LogP contribution in [0.25, 0.3) is 0 Å². The van der Waals surface area contributed by atoms with Crippen molar-refractivity contribution in [2.75, 3.05) is 11.9 Å². The van der Waals surface area contributed by atoms with E-state index in [0.29, 0.717) is 0 Å². The number of nitrogens with zero attached hydrogens (tertiary/aromatic N) is 1. The highest BCUT2D eigenvalue weighted by Gasteiger charge is 1.93. The maximum Gasteiger partial charge on any atom is 0.111 e. The van der Waals surface area contributed by atoms with Gasteiger partial charge in [0.05, 0.1) is 0 Å². The molecule has 2 N–H and O–H groups in total. The zero-order valence-electron chi connectivity index (χ0n) is 5.99. The lowest BCUT2D eigenvalue weighted by Gasteiger charge is -2.14. The molecule has 0 aliphatic heterocycles. The fourth-order valence-electron chi connectivity index (χ4n) is 0.749. The van der Waals surface area contributed by atoms with Gasteiger partial charge < -0.3 is 10.6 Å². The minimum absolute atomic E-state index is 1.10. The summed E-state index contributed by atoms with van der Waals surface area (Å²) >= 11 is 0. The summed E-state index contributed by atoms with van der Waals surface area (Å²) in [6, 6.07) is 9.95. The Hall–Kier alpha value is -1.02. The zero-order chi connectivity index (χ0) is 7.40. The third-order valence-corrected chi connectivity index (χ3v) is 1.39. The molecule has 0 amide bonds. The molecule has 0 bridgehead atoms. The van der Waals surface area contributed by atoms with Crippen LogP contribution in [-0.4, -0.2) is 7.05 Å². The standard InChI is InChI=1S/C8H11N2/c1-10(7-9)8-5-3-2-4-6-8/h2-7H,9H2,1H3. The molecule has 0 saturated heterocycles. The van der Waals surface area contributed by atoms with E-state index in [9.17, 15) is 0 Å². The lowest BCUT2D eigenvalue weighted by molar-refractivity contribution is 1.06. The van der Waals surface area contributed by atoms with Crippen LogP contribution < -0.4 is 10.6 Å². The van der Waals surface area contributed by atoms with Crippen molar-refractivity contribution in [1.82, 2.24) is 0 Å². The van der Waals surface area contributed by atoms with E-state index in [1.54, 1.807) is 0 Å². The van der Waals surface area contributed by atoms with Gasteiger partial charge in [-0.2, -0.15) is 0 Å². The SMILES string of the molecule is CN([CH]N)c1ccccc1. The summed E-state index contributed by atoms with van der Waals surface area (Å²) in [6.45, 7) is 1.54. The molecule has 0 heterocycles. The van der Waals surface area contributed by atoms with E-state index in [2.05, 4.69) is 0 Å². The third-order valence-electron chi connectivity index (χ3n) is 1.39. The van der Waals surface area contributed by atoms with Crippen molar-refractivity contribution in [3.8, 4) is 0 Å². The van der Waals surface area contributed by atoms with Gasteiger partial charge in [0.2, 0.25) is 0 Å². The van der Waals surface area contributed by atoms with Crippen LogP contribution in [0.5, 0.6) is 0 Å². The van der Waals surface area contributed by atoms with Gasteiger partial charge in [-0.25, -0.2) is 0 Å². The van der Waals surface area contributed by atoms with Gasteiger partial charge in [0.15, 0.2) is 0 Å². The molecule has 53 valence electrons. The summed E-state index contributed by atoms with van der Waals surface area (Å²) in [6.07, 6.45) is 0. The Balaban J connectivity index is 2.75. The van der Waals surface area contributed by atoms with Crippen molar-refractivity contribution in [3.63, 3.8) is 0 Å². The molecule has 0 aromatic heterocycles. The van der Waals surface area contributed by atoms with Crippen LogP contribution in [0, 0.1) is 6.67 Å².